The summed E-state index contributed by atoms with van der Waals surface area (Å²) in [6.07, 6.45) is 6.96. The maximum absolute atomic E-state index is 13.9. The van der Waals surface area contributed by atoms with Gasteiger partial charge in [-0.2, -0.15) is 5.10 Å². The summed E-state index contributed by atoms with van der Waals surface area (Å²) in [4.78, 5) is 46.4. The van der Waals surface area contributed by atoms with E-state index in [0.29, 0.717) is 11.1 Å². The summed E-state index contributed by atoms with van der Waals surface area (Å²) in [6.45, 7) is 16.5. The summed E-state index contributed by atoms with van der Waals surface area (Å²) >= 11 is 0. The molecule has 1 saturated carbocycles. The van der Waals surface area contributed by atoms with Crippen molar-refractivity contribution in [2.24, 2.45) is 0 Å². The molecule has 3 aromatic rings. The number of aromatic nitrogens is 3. The van der Waals surface area contributed by atoms with Crippen LogP contribution in [0, 0.1) is 20.8 Å². The summed E-state index contributed by atoms with van der Waals surface area (Å²) in [5.41, 5.74) is 5.67. The van der Waals surface area contributed by atoms with Gasteiger partial charge in [0, 0.05) is 79.6 Å². The number of benzene rings is 1. The highest BCUT2D eigenvalue weighted by molar-refractivity contribution is 5.98. The second-order valence-corrected chi connectivity index (χ2v) is 14.5. The number of hydrogen-bond donors (Lipinski definition) is 3. The van der Waals surface area contributed by atoms with Gasteiger partial charge >= 0.3 is 6.09 Å². The number of amides is 2. The molecular weight excluding hydrogens is 622 g/mol. The number of nitrogens with zero attached hydrogens (tertiary/aromatic N) is 4. The predicted molar refractivity (Wildman–Crippen MR) is 191 cm³/mol. The third kappa shape index (κ3) is 9.51. The number of aryl methyl sites for hydroxylation is 2. The van der Waals surface area contributed by atoms with Gasteiger partial charge in [0.1, 0.15) is 5.60 Å². The Bertz CT molecular complexity index is 1680. The first-order valence-electron chi connectivity index (χ1n) is 17.4. The number of morpholine rings is 1. The first kappa shape index (κ1) is 36.1. The van der Waals surface area contributed by atoms with Crippen molar-refractivity contribution >= 4 is 17.7 Å². The van der Waals surface area contributed by atoms with E-state index in [2.05, 4.69) is 43.6 Å². The highest BCUT2D eigenvalue weighted by Crippen LogP contribution is 2.34. The minimum absolute atomic E-state index is 0.0601. The topological polar surface area (TPSA) is 134 Å². The highest BCUT2D eigenvalue weighted by atomic mass is 16.6. The van der Waals surface area contributed by atoms with Crippen molar-refractivity contribution in [2.45, 2.75) is 98.0 Å². The van der Waals surface area contributed by atoms with Gasteiger partial charge in [-0.25, -0.2) is 4.79 Å². The molecule has 1 saturated heterocycles. The molecule has 0 bridgehead atoms. The fourth-order valence-corrected chi connectivity index (χ4v) is 6.81. The molecule has 2 amide bonds. The number of aromatic amines is 1. The van der Waals surface area contributed by atoms with Crippen molar-refractivity contribution in [3.8, 4) is 11.1 Å². The second kappa shape index (κ2) is 15.6. The van der Waals surface area contributed by atoms with Gasteiger partial charge in [-0.15, -0.1) is 0 Å². The summed E-state index contributed by atoms with van der Waals surface area (Å²) < 4.78 is 12.9. The third-order valence-corrected chi connectivity index (χ3v) is 9.61. The zero-order chi connectivity index (χ0) is 35.3. The summed E-state index contributed by atoms with van der Waals surface area (Å²) in [7, 11) is 2.08. The van der Waals surface area contributed by atoms with Crippen LogP contribution in [0.5, 0.6) is 0 Å². The van der Waals surface area contributed by atoms with Crippen LogP contribution in [0.4, 0.5) is 10.5 Å². The van der Waals surface area contributed by atoms with E-state index >= 15 is 0 Å². The van der Waals surface area contributed by atoms with Crippen molar-refractivity contribution in [1.82, 2.24) is 30.3 Å². The van der Waals surface area contributed by atoms with Gasteiger partial charge in [0.05, 0.1) is 26.0 Å². The van der Waals surface area contributed by atoms with Gasteiger partial charge in [-0.3, -0.25) is 19.2 Å². The Hall–Kier alpha value is -4.16. The van der Waals surface area contributed by atoms with E-state index in [9.17, 15) is 14.4 Å². The molecule has 1 aliphatic carbocycles. The van der Waals surface area contributed by atoms with E-state index in [1.807, 2.05) is 70.8 Å². The van der Waals surface area contributed by atoms with E-state index in [-0.39, 0.29) is 36.2 Å². The standard InChI is InChI=1S/C37H53N7O5/c1-24-18-25(2)40-35(46)32(24)22-38-34(45)31-19-27(28-21-39-44(23-28)13-12-43-14-16-48-17-15-43)20-33(26(31)3)42(7)30-10-8-29(9-11-30)41-36(47)49-37(4,5)6/h18-21,23,29-30H,8-17,22H2,1-7H3,(H,38,45)(H,40,46)(H,41,47). The van der Waals surface area contributed by atoms with Gasteiger partial charge in [0.15, 0.2) is 0 Å². The Morgan fingerprint density at radius 3 is 2.43 bits per heavy atom. The SMILES string of the molecule is Cc1cc(C)c(CNC(=O)c2cc(-c3cnn(CCN4CCOCC4)c3)cc(N(C)C3CCC(NC(=O)OC(C)(C)C)CC3)c2C)c(=O)[nH]1. The molecule has 3 heterocycles. The van der Waals surface area contributed by atoms with Crippen LogP contribution in [0.25, 0.3) is 11.1 Å². The Balaban J connectivity index is 1.36. The van der Waals surface area contributed by atoms with Crippen LogP contribution in [-0.2, 0) is 22.6 Å². The molecule has 2 aromatic heterocycles. The number of rotatable bonds is 10. The zero-order valence-corrected chi connectivity index (χ0v) is 30.1. The zero-order valence-electron chi connectivity index (χ0n) is 30.1. The largest absolute Gasteiger partial charge is 0.444 e. The maximum Gasteiger partial charge on any atom is 0.407 e. The Morgan fingerprint density at radius 1 is 1.04 bits per heavy atom. The average molecular weight is 676 g/mol. The normalized spacial score (nSPS) is 18.6. The van der Waals surface area contributed by atoms with Crippen LogP contribution in [0.3, 0.4) is 0 Å². The van der Waals surface area contributed by atoms with Gasteiger partial charge < -0.3 is 30.0 Å². The maximum atomic E-state index is 13.9. The summed E-state index contributed by atoms with van der Waals surface area (Å²) in [5.74, 6) is -0.238. The van der Waals surface area contributed by atoms with E-state index in [1.54, 1.807) is 0 Å². The molecule has 0 atom stereocenters. The van der Waals surface area contributed by atoms with E-state index in [4.69, 9.17) is 9.47 Å². The number of anilines is 1. The van der Waals surface area contributed by atoms with Gasteiger partial charge in [0.25, 0.3) is 11.5 Å². The van der Waals surface area contributed by atoms with E-state index in [1.165, 1.54) is 0 Å². The molecule has 0 unspecified atom stereocenters. The average Bonchev–Trinajstić information content (AvgIpc) is 3.52. The third-order valence-electron chi connectivity index (χ3n) is 9.61. The van der Waals surface area contributed by atoms with Crippen molar-refractivity contribution in [3.05, 3.63) is 68.9 Å². The molecule has 0 spiro atoms. The van der Waals surface area contributed by atoms with Gasteiger partial charge in [0.2, 0.25) is 0 Å². The number of carbonyl (C=O) groups is 2. The fourth-order valence-electron chi connectivity index (χ4n) is 6.81. The minimum Gasteiger partial charge on any atom is -0.444 e. The van der Waals surface area contributed by atoms with Gasteiger partial charge in [-0.05, 0) is 102 Å². The molecule has 1 aliphatic heterocycles. The Labute approximate surface area is 289 Å². The van der Waals surface area contributed by atoms with Crippen molar-refractivity contribution < 1.29 is 19.1 Å². The number of H-pyrrole nitrogens is 1. The summed E-state index contributed by atoms with van der Waals surface area (Å²) in [6, 6.07) is 6.28. The molecule has 1 aromatic carbocycles. The first-order valence-corrected chi connectivity index (χ1v) is 17.4. The van der Waals surface area contributed by atoms with Gasteiger partial charge in [-0.1, -0.05) is 0 Å². The minimum atomic E-state index is -0.540. The molecule has 2 fully saturated rings. The summed E-state index contributed by atoms with van der Waals surface area (Å²) in [5, 5.41) is 10.7. The Kier molecular flexibility index (Phi) is 11.5. The lowest BCUT2D eigenvalue weighted by atomic mass is 9.89. The Morgan fingerprint density at radius 2 is 1.76 bits per heavy atom. The molecule has 3 N–H and O–H groups in total. The van der Waals surface area contributed by atoms with Crippen LogP contribution < -0.4 is 21.1 Å². The number of hydrogen-bond acceptors (Lipinski definition) is 8. The lowest BCUT2D eigenvalue weighted by molar-refractivity contribution is 0.0359. The lowest BCUT2D eigenvalue weighted by Gasteiger charge is -2.37. The molecule has 12 heteroatoms. The highest BCUT2D eigenvalue weighted by Gasteiger charge is 2.29. The lowest BCUT2D eigenvalue weighted by Crippen LogP contribution is -2.44. The monoisotopic (exact) mass is 675 g/mol. The number of pyridine rings is 1. The number of ether oxygens (including phenoxy) is 2. The first-order chi connectivity index (χ1) is 23.3. The van der Waals surface area contributed by atoms with Crippen LogP contribution in [0.1, 0.15) is 79.2 Å². The predicted octanol–water partition coefficient (Wildman–Crippen LogP) is 4.70. The molecule has 2 aliphatic rings. The smallest absolute Gasteiger partial charge is 0.407 e. The number of alkyl carbamates (subject to hydrolysis) is 1. The van der Waals surface area contributed by atoms with Crippen LogP contribution in [-0.4, -0.2) is 89.2 Å². The van der Waals surface area contributed by atoms with Crippen molar-refractivity contribution in [2.75, 3.05) is 44.8 Å². The van der Waals surface area contributed by atoms with Crippen LogP contribution in [0.15, 0.2) is 35.4 Å². The van der Waals surface area contributed by atoms with E-state index in [0.717, 1.165) is 98.7 Å². The molecule has 0 radical (unpaired) electrons. The van der Waals surface area contributed by atoms with Crippen LogP contribution in [0.2, 0.25) is 0 Å². The number of carbonyl (C=O) groups excluding carboxylic acids is 2. The van der Waals surface area contributed by atoms with E-state index < -0.39 is 5.60 Å². The second-order valence-electron chi connectivity index (χ2n) is 14.5. The molecule has 266 valence electrons. The van der Waals surface area contributed by atoms with Crippen LogP contribution >= 0.6 is 0 Å². The molecule has 12 nitrogen and oxygen atoms in total. The molecule has 5 rings (SSSR count). The molecule has 49 heavy (non-hydrogen) atoms. The fraction of sp³-hybridized carbons (Fsp3) is 0.568. The number of nitrogens with one attached hydrogen (secondary N) is 3. The van der Waals surface area contributed by atoms with Crippen molar-refractivity contribution in [3.63, 3.8) is 0 Å². The molecular formula is C37H53N7O5. The van der Waals surface area contributed by atoms with Crippen molar-refractivity contribution in [1.29, 1.82) is 0 Å². The quantitative estimate of drug-likeness (QED) is 0.282.